The Kier molecular flexibility index (Phi) is 6.46. The predicted octanol–water partition coefficient (Wildman–Crippen LogP) is 4.47. The highest BCUT2D eigenvalue weighted by atomic mass is 35.5. The van der Waals surface area contributed by atoms with Gasteiger partial charge in [0.1, 0.15) is 11.4 Å². The highest BCUT2D eigenvalue weighted by Crippen LogP contribution is 2.26. The molecule has 0 aliphatic rings. The molecular weight excluding hydrogens is 444 g/mol. The van der Waals surface area contributed by atoms with Gasteiger partial charge in [0.25, 0.3) is 5.91 Å². The molecule has 2 aromatic carbocycles. The van der Waals surface area contributed by atoms with Crippen LogP contribution in [0, 0.1) is 6.92 Å². The summed E-state index contributed by atoms with van der Waals surface area (Å²) in [4.78, 5) is 25.2. The van der Waals surface area contributed by atoms with Crippen LogP contribution >= 0.6 is 11.6 Å². The van der Waals surface area contributed by atoms with Crippen molar-refractivity contribution in [3.63, 3.8) is 0 Å². The van der Waals surface area contributed by atoms with E-state index in [9.17, 15) is 9.59 Å². The maximum Gasteiger partial charge on any atom is 0.272 e. The van der Waals surface area contributed by atoms with Crippen LogP contribution in [0.25, 0.3) is 17.1 Å². The largest absolute Gasteiger partial charge is 0.495 e. The van der Waals surface area contributed by atoms with Crippen LogP contribution in [-0.2, 0) is 4.79 Å². The number of carbonyl (C=O) groups excluding carboxylic acids is 2. The van der Waals surface area contributed by atoms with Crippen molar-refractivity contribution in [3.05, 3.63) is 83.2 Å². The average Bonchev–Trinajstić information content (AvgIpc) is 3.48. The molecule has 2 N–H and O–H groups in total. The Morgan fingerprint density at radius 1 is 1.12 bits per heavy atom. The van der Waals surface area contributed by atoms with Crippen LogP contribution in [0.2, 0.25) is 5.02 Å². The molecule has 0 fully saturated rings. The number of amides is 2. The highest BCUT2D eigenvalue weighted by Gasteiger charge is 2.19. The van der Waals surface area contributed by atoms with E-state index in [4.69, 9.17) is 20.8 Å². The molecule has 4 aromatic rings. The van der Waals surface area contributed by atoms with Crippen molar-refractivity contribution < 1.29 is 18.7 Å². The van der Waals surface area contributed by atoms with Crippen LogP contribution in [0.15, 0.2) is 71.3 Å². The van der Waals surface area contributed by atoms with Crippen LogP contribution in [-0.4, -0.2) is 35.2 Å². The Hall–Kier alpha value is -4.04. The molecule has 0 saturated heterocycles. The van der Waals surface area contributed by atoms with Crippen molar-refractivity contribution in [1.82, 2.24) is 15.1 Å². The highest BCUT2D eigenvalue weighted by molar-refractivity contribution is 6.30. The van der Waals surface area contributed by atoms with Crippen LogP contribution in [0.3, 0.4) is 0 Å². The third kappa shape index (κ3) is 5.07. The number of hydrogen-bond acceptors (Lipinski definition) is 5. The fourth-order valence-corrected chi connectivity index (χ4v) is 3.36. The van der Waals surface area contributed by atoms with Crippen LogP contribution < -0.4 is 15.4 Å². The number of rotatable bonds is 7. The average molecular weight is 465 g/mol. The monoisotopic (exact) mass is 464 g/mol. The second kappa shape index (κ2) is 9.62. The number of aromatic nitrogens is 2. The lowest BCUT2D eigenvalue weighted by molar-refractivity contribution is -0.115. The zero-order chi connectivity index (χ0) is 23.4. The minimum Gasteiger partial charge on any atom is -0.495 e. The maximum atomic E-state index is 12.8. The van der Waals surface area contributed by atoms with E-state index >= 15 is 0 Å². The maximum absolute atomic E-state index is 12.8. The number of halogens is 1. The molecule has 0 bridgehead atoms. The predicted molar refractivity (Wildman–Crippen MR) is 125 cm³/mol. The zero-order valence-electron chi connectivity index (χ0n) is 18.0. The summed E-state index contributed by atoms with van der Waals surface area (Å²) in [5, 5.41) is 10.3. The Morgan fingerprint density at radius 2 is 1.91 bits per heavy atom. The Balaban J connectivity index is 1.50. The molecule has 0 unspecified atom stereocenters. The number of furan rings is 1. The number of methoxy groups -OCH3 is 1. The fourth-order valence-electron chi connectivity index (χ4n) is 3.24. The van der Waals surface area contributed by atoms with Crippen LogP contribution in [0.4, 0.5) is 5.69 Å². The van der Waals surface area contributed by atoms with Crippen molar-refractivity contribution in [2.24, 2.45) is 0 Å². The number of nitrogens with zero attached hydrogens (tertiary/aromatic N) is 2. The molecule has 0 saturated carbocycles. The molecule has 9 heteroatoms. The smallest absolute Gasteiger partial charge is 0.272 e. The molecule has 33 heavy (non-hydrogen) atoms. The number of ether oxygens (including phenoxy) is 1. The van der Waals surface area contributed by atoms with E-state index in [-0.39, 0.29) is 12.2 Å². The van der Waals surface area contributed by atoms with Gasteiger partial charge in [0.05, 0.1) is 31.3 Å². The first-order valence-electron chi connectivity index (χ1n) is 10.1. The number of nitrogens with one attached hydrogen (secondary N) is 2. The lowest BCUT2D eigenvalue weighted by atomic mass is 10.2. The van der Waals surface area contributed by atoms with E-state index in [0.29, 0.717) is 33.6 Å². The zero-order valence-corrected chi connectivity index (χ0v) is 18.7. The Morgan fingerprint density at radius 3 is 2.61 bits per heavy atom. The first-order valence-corrected chi connectivity index (χ1v) is 10.4. The summed E-state index contributed by atoms with van der Waals surface area (Å²) in [5.74, 6) is 0.184. The summed E-state index contributed by atoms with van der Waals surface area (Å²) in [6, 6.07) is 17.6. The summed E-state index contributed by atoms with van der Waals surface area (Å²) in [6.45, 7) is 1.67. The van der Waals surface area contributed by atoms with Gasteiger partial charge < -0.3 is 19.8 Å². The number of aryl methyl sites for hydroxylation is 1. The van der Waals surface area contributed by atoms with Gasteiger partial charge >= 0.3 is 0 Å². The number of hydrogen-bond donors (Lipinski definition) is 2. The summed E-state index contributed by atoms with van der Waals surface area (Å²) >= 11 is 5.99. The molecule has 0 atom stereocenters. The summed E-state index contributed by atoms with van der Waals surface area (Å²) in [7, 11) is 1.52. The molecule has 8 nitrogen and oxygen atoms in total. The standard InChI is InChI=1S/C24H21ClN4O4/c1-15-5-10-21(32-2)18(12-15)27-23(30)14-26-24(31)19-13-20(22-4-3-11-33-22)29(28-19)17-8-6-16(25)7-9-17/h3-13H,14H2,1-2H3,(H,26,31)(H,27,30). The molecule has 0 spiro atoms. The lowest BCUT2D eigenvalue weighted by Gasteiger charge is -2.11. The molecule has 0 aliphatic carbocycles. The Bertz CT molecular complexity index is 1280. The summed E-state index contributed by atoms with van der Waals surface area (Å²) in [6.07, 6.45) is 1.54. The van der Waals surface area contributed by atoms with Gasteiger partial charge in [-0.2, -0.15) is 5.10 Å². The van der Waals surface area contributed by atoms with E-state index in [0.717, 1.165) is 5.56 Å². The first kappa shape index (κ1) is 22.2. The van der Waals surface area contributed by atoms with Gasteiger partial charge in [-0.1, -0.05) is 17.7 Å². The van der Waals surface area contributed by atoms with E-state index in [1.807, 2.05) is 13.0 Å². The van der Waals surface area contributed by atoms with Gasteiger partial charge in [-0.25, -0.2) is 4.68 Å². The Labute approximate surface area is 195 Å². The van der Waals surface area contributed by atoms with E-state index in [1.165, 1.54) is 13.4 Å². The van der Waals surface area contributed by atoms with Crippen LogP contribution in [0.5, 0.6) is 5.75 Å². The first-order chi connectivity index (χ1) is 15.9. The normalized spacial score (nSPS) is 10.6. The minimum atomic E-state index is -0.498. The van der Waals surface area contributed by atoms with Crippen LogP contribution in [0.1, 0.15) is 16.1 Å². The molecule has 2 heterocycles. The van der Waals surface area contributed by atoms with E-state index in [1.54, 1.807) is 59.3 Å². The van der Waals surface area contributed by atoms with Gasteiger partial charge in [-0.3, -0.25) is 9.59 Å². The molecule has 168 valence electrons. The second-order valence-corrected chi connectivity index (χ2v) is 7.65. The SMILES string of the molecule is COc1ccc(C)cc1NC(=O)CNC(=O)c1cc(-c2ccco2)n(-c2ccc(Cl)cc2)n1. The molecule has 2 amide bonds. The van der Waals surface area contributed by atoms with E-state index in [2.05, 4.69) is 15.7 Å². The van der Waals surface area contributed by atoms with Crippen molar-refractivity contribution in [2.75, 3.05) is 19.0 Å². The van der Waals surface area contributed by atoms with Gasteiger partial charge in [-0.05, 0) is 61.0 Å². The van der Waals surface area contributed by atoms with Crippen molar-refractivity contribution in [3.8, 4) is 22.9 Å². The quantitative estimate of drug-likeness (QED) is 0.420. The molecule has 0 radical (unpaired) electrons. The van der Waals surface area contributed by atoms with E-state index < -0.39 is 11.8 Å². The third-order valence-electron chi connectivity index (χ3n) is 4.83. The van der Waals surface area contributed by atoms with Gasteiger partial charge in [0, 0.05) is 11.1 Å². The number of carbonyl (C=O) groups is 2. The van der Waals surface area contributed by atoms with Crippen molar-refractivity contribution in [1.29, 1.82) is 0 Å². The van der Waals surface area contributed by atoms with Gasteiger partial charge in [0.15, 0.2) is 11.5 Å². The number of anilines is 1. The molecule has 2 aromatic heterocycles. The second-order valence-electron chi connectivity index (χ2n) is 7.21. The van der Waals surface area contributed by atoms with Gasteiger partial charge in [-0.15, -0.1) is 0 Å². The summed E-state index contributed by atoms with van der Waals surface area (Å²) in [5.41, 5.74) is 2.92. The lowest BCUT2D eigenvalue weighted by Crippen LogP contribution is -2.33. The number of benzene rings is 2. The van der Waals surface area contributed by atoms with Crippen molar-refractivity contribution in [2.45, 2.75) is 6.92 Å². The minimum absolute atomic E-state index is 0.136. The van der Waals surface area contributed by atoms with Crippen molar-refractivity contribution >= 4 is 29.1 Å². The summed E-state index contributed by atoms with van der Waals surface area (Å²) < 4.78 is 12.3. The molecule has 4 rings (SSSR count). The molecule has 0 aliphatic heterocycles. The third-order valence-corrected chi connectivity index (χ3v) is 5.08. The molecular formula is C24H21ClN4O4. The topological polar surface area (TPSA) is 98.4 Å². The van der Waals surface area contributed by atoms with Gasteiger partial charge in [0.2, 0.25) is 5.91 Å². The fraction of sp³-hybridized carbons (Fsp3) is 0.125.